The number of benzene rings is 1. The molecule has 1 atom stereocenters. The molecule has 0 bridgehead atoms. The number of methoxy groups -OCH3 is 1. The number of amides is 1. The van der Waals surface area contributed by atoms with Crippen molar-refractivity contribution in [1.82, 2.24) is 5.01 Å². The zero-order valence-electron chi connectivity index (χ0n) is 15.7. The van der Waals surface area contributed by atoms with Crippen LogP contribution < -0.4 is 9.64 Å². The summed E-state index contributed by atoms with van der Waals surface area (Å²) in [5.41, 5.74) is 1.76. The molecule has 0 radical (unpaired) electrons. The van der Waals surface area contributed by atoms with E-state index in [1.54, 1.807) is 29.7 Å². The Morgan fingerprint density at radius 1 is 1.29 bits per heavy atom. The van der Waals surface area contributed by atoms with Crippen LogP contribution in [0.15, 0.2) is 69.7 Å². The zero-order chi connectivity index (χ0) is 19.5. The molecule has 0 saturated carbocycles. The van der Waals surface area contributed by atoms with E-state index in [9.17, 15) is 4.79 Å². The Morgan fingerprint density at radius 3 is 2.86 bits per heavy atom. The first-order valence-electron chi connectivity index (χ1n) is 8.98. The highest BCUT2D eigenvalue weighted by molar-refractivity contribution is 7.12. The predicted octanol–water partition coefficient (Wildman–Crippen LogP) is 4.16. The number of anilines is 1. The summed E-state index contributed by atoms with van der Waals surface area (Å²) in [6.07, 6.45) is 2.26. The molecule has 0 saturated heterocycles. The van der Waals surface area contributed by atoms with Gasteiger partial charge in [0.1, 0.15) is 17.6 Å². The van der Waals surface area contributed by atoms with Gasteiger partial charge < -0.3 is 14.1 Å². The van der Waals surface area contributed by atoms with Gasteiger partial charge in [-0.25, -0.2) is 5.01 Å². The van der Waals surface area contributed by atoms with Crippen molar-refractivity contribution in [3.05, 3.63) is 70.8 Å². The molecule has 6 nitrogen and oxygen atoms in total. The largest absolute Gasteiger partial charge is 0.495 e. The summed E-state index contributed by atoms with van der Waals surface area (Å²) in [5, 5.41) is 8.22. The molecule has 1 aliphatic rings. The number of carbonyl (C=O) groups excluding carboxylic acids is 1. The van der Waals surface area contributed by atoms with E-state index in [4.69, 9.17) is 9.15 Å². The van der Waals surface area contributed by atoms with Gasteiger partial charge in [-0.05, 0) is 35.7 Å². The van der Waals surface area contributed by atoms with Gasteiger partial charge in [-0.15, -0.1) is 11.3 Å². The second-order valence-corrected chi connectivity index (χ2v) is 7.47. The number of rotatable bonds is 6. The molecule has 0 fully saturated rings. The van der Waals surface area contributed by atoms with E-state index in [2.05, 4.69) is 5.10 Å². The molecule has 3 heterocycles. The van der Waals surface area contributed by atoms with E-state index < -0.39 is 0 Å². The quantitative estimate of drug-likeness (QED) is 0.629. The Labute approximate surface area is 167 Å². The molecule has 3 aromatic rings. The summed E-state index contributed by atoms with van der Waals surface area (Å²) in [6.45, 7) is 0.179. The lowest BCUT2D eigenvalue weighted by Crippen LogP contribution is -2.36. The van der Waals surface area contributed by atoms with Crippen molar-refractivity contribution in [2.45, 2.75) is 12.5 Å². The number of hydrazone groups is 1. The van der Waals surface area contributed by atoms with Crippen LogP contribution >= 0.6 is 11.3 Å². The molecule has 1 aromatic carbocycles. The second-order valence-electron chi connectivity index (χ2n) is 6.53. The van der Waals surface area contributed by atoms with E-state index in [0.29, 0.717) is 6.42 Å². The van der Waals surface area contributed by atoms with Crippen molar-refractivity contribution in [2.24, 2.45) is 5.10 Å². The van der Waals surface area contributed by atoms with E-state index in [1.165, 1.54) is 0 Å². The van der Waals surface area contributed by atoms with Crippen LogP contribution in [0.5, 0.6) is 5.75 Å². The Balaban J connectivity index is 1.58. The monoisotopic (exact) mass is 395 g/mol. The molecule has 2 aromatic heterocycles. The lowest BCUT2D eigenvalue weighted by molar-refractivity contribution is -0.131. The molecular formula is C21H21N3O3S. The van der Waals surface area contributed by atoms with Gasteiger partial charge in [0.25, 0.3) is 5.91 Å². The minimum atomic E-state index is -0.231. The van der Waals surface area contributed by atoms with Crippen molar-refractivity contribution in [3.63, 3.8) is 0 Å². The Morgan fingerprint density at radius 2 is 2.14 bits per heavy atom. The van der Waals surface area contributed by atoms with Crippen LogP contribution in [0.1, 0.15) is 23.1 Å². The average molecular weight is 395 g/mol. The molecular weight excluding hydrogens is 374 g/mol. The van der Waals surface area contributed by atoms with Crippen LogP contribution in [0, 0.1) is 0 Å². The maximum absolute atomic E-state index is 13.1. The molecule has 0 spiro atoms. The lowest BCUT2D eigenvalue weighted by atomic mass is 10.1. The number of furan rings is 1. The molecule has 1 amide bonds. The second kappa shape index (κ2) is 7.90. The van der Waals surface area contributed by atoms with Gasteiger partial charge in [-0.2, -0.15) is 5.10 Å². The van der Waals surface area contributed by atoms with Gasteiger partial charge in [0, 0.05) is 13.5 Å². The molecule has 0 N–H and O–H groups in total. The molecule has 28 heavy (non-hydrogen) atoms. The summed E-state index contributed by atoms with van der Waals surface area (Å²) < 4.78 is 11.0. The van der Waals surface area contributed by atoms with Crippen LogP contribution in [-0.4, -0.2) is 37.3 Å². The summed E-state index contributed by atoms with van der Waals surface area (Å²) in [6, 6.07) is 15.2. The summed E-state index contributed by atoms with van der Waals surface area (Å²) in [7, 11) is 3.50. The van der Waals surface area contributed by atoms with Gasteiger partial charge >= 0.3 is 0 Å². The topological polar surface area (TPSA) is 58.3 Å². The van der Waals surface area contributed by atoms with Crippen LogP contribution in [-0.2, 0) is 4.79 Å². The fraction of sp³-hybridized carbons (Fsp3) is 0.238. The number of para-hydroxylation sites is 2. The predicted molar refractivity (Wildman–Crippen MR) is 110 cm³/mol. The maximum Gasteiger partial charge on any atom is 0.262 e. The third-order valence-electron chi connectivity index (χ3n) is 4.71. The van der Waals surface area contributed by atoms with Crippen LogP contribution in [0.4, 0.5) is 5.69 Å². The standard InChI is InChI=1S/C21H21N3O3S/c1-23(16-7-3-4-8-18(16)26-2)14-21(25)24-17(19-9-5-11-27-19)13-15(22-24)20-10-6-12-28-20/h3-12,17H,13-14H2,1-2H3. The van der Waals surface area contributed by atoms with Gasteiger partial charge in [-0.1, -0.05) is 18.2 Å². The van der Waals surface area contributed by atoms with E-state index in [1.807, 2.05) is 65.9 Å². The highest BCUT2D eigenvalue weighted by atomic mass is 32.1. The molecule has 144 valence electrons. The summed E-state index contributed by atoms with van der Waals surface area (Å²) in [5.74, 6) is 1.37. The molecule has 1 unspecified atom stereocenters. The van der Waals surface area contributed by atoms with Crippen molar-refractivity contribution < 1.29 is 13.9 Å². The van der Waals surface area contributed by atoms with Gasteiger partial charge in [-0.3, -0.25) is 4.79 Å². The number of carbonyl (C=O) groups is 1. The highest BCUT2D eigenvalue weighted by Crippen LogP contribution is 2.34. The molecule has 1 aliphatic heterocycles. The third kappa shape index (κ3) is 3.53. The summed E-state index contributed by atoms with van der Waals surface area (Å²) >= 11 is 1.62. The highest BCUT2D eigenvalue weighted by Gasteiger charge is 2.35. The SMILES string of the molecule is COc1ccccc1N(C)CC(=O)N1N=C(c2cccs2)CC1c1ccco1. The Bertz CT molecular complexity index is 967. The van der Waals surface area contributed by atoms with Crippen LogP contribution in [0.2, 0.25) is 0 Å². The number of hydrogen-bond donors (Lipinski definition) is 0. The Kier molecular flexibility index (Phi) is 5.16. The average Bonchev–Trinajstić information content (AvgIpc) is 3.48. The minimum Gasteiger partial charge on any atom is -0.495 e. The first-order chi connectivity index (χ1) is 13.7. The van der Waals surface area contributed by atoms with E-state index in [0.717, 1.165) is 27.8 Å². The van der Waals surface area contributed by atoms with Gasteiger partial charge in [0.05, 0.1) is 36.2 Å². The van der Waals surface area contributed by atoms with E-state index in [-0.39, 0.29) is 18.5 Å². The fourth-order valence-corrected chi connectivity index (χ4v) is 4.06. The molecule has 4 rings (SSSR count). The molecule has 0 aliphatic carbocycles. The zero-order valence-corrected chi connectivity index (χ0v) is 16.6. The van der Waals surface area contributed by atoms with Crippen molar-refractivity contribution in [1.29, 1.82) is 0 Å². The lowest BCUT2D eigenvalue weighted by Gasteiger charge is -2.25. The molecule has 7 heteroatoms. The number of likely N-dealkylation sites (N-methyl/N-ethyl adjacent to an activating group) is 1. The van der Waals surface area contributed by atoms with Gasteiger partial charge in [0.15, 0.2) is 0 Å². The van der Waals surface area contributed by atoms with E-state index >= 15 is 0 Å². The number of thiophene rings is 1. The Hall–Kier alpha value is -3.06. The number of ether oxygens (including phenoxy) is 1. The third-order valence-corrected chi connectivity index (χ3v) is 5.63. The number of hydrogen-bond acceptors (Lipinski definition) is 6. The van der Waals surface area contributed by atoms with Crippen LogP contribution in [0.25, 0.3) is 0 Å². The van der Waals surface area contributed by atoms with Crippen molar-refractivity contribution in [2.75, 3.05) is 25.6 Å². The van der Waals surface area contributed by atoms with Crippen molar-refractivity contribution >= 4 is 28.6 Å². The number of nitrogens with zero attached hydrogens (tertiary/aromatic N) is 3. The fourth-order valence-electron chi connectivity index (χ4n) is 3.34. The smallest absolute Gasteiger partial charge is 0.262 e. The first-order valence-corrected chi connectivity index (χ1v) is 9.86. The normalized spacial score (nSPS) is 16.1. The van der Waals surface area contributed by atoms with Crippen molar-refractivity contribution in [3.8, 4) is 5.75 Å². The first kappa shape index (κ1) is 18.3. The summed E-state index contributed by atoms with van der Waals surface area (Å²) in [4.78, 5) is 16.1. The maximum atomic E-state index is 13.1. The minimum absolute atomic E-state index is 0.0960. The van der Waals surface area contributed by atoms with Gasteiger partial charge in [0.2, 0.25) is 0 Å². The van der Waals surface area contributed by atoms with Crippen LogP contribution in [0.3, 0.4) is 0 Å².